The van der Waals surface area contributed by atoms with E-state index in [9.17, 15) is 9.50 Å². The molecule has 1 aliphatic heterocycles. The van der Waals surface area contributed by atoms with Gasteiger partial charge < -0.3 is 14.6 Å². The van der Waals surface area contributed by atoms with E-state index in [0.717, 1.165) is 0 Å². The normalized spacial score (nSPS) is 24.4. The molecular weight excluding hydrogens is 247 g/mol. The van der Waals surface area contributed by atoms with Gasteiger partial charge in [0.2, 0.25) is 0 Å². The minimum absolute atomic E-state index is 0.129. The van der Waals surface area contributed by atoms with Crippen LogP contribution in [-0.2, 0) is 11.3 Å². The third kappa shape index (κ3) is 2.90. The Morgan fingerprint density at radius 1 is 1.37 bits per heavy atom. The van der Waals surface area contributed by atoms with Gasteiger partial charge in [-0.1, -0.05) is 12.1 Å². The molecule has 1 unspecified atom stereocenters. The standard InChI is InChI=1S/C15H21FO3/c1-14(2)8-12(15(3,4)19-14)18-13-10(9-17)6-5-7-11(13)16/h5-7,12,17H,8-9H2,1-4H3. The average Bonchev–Trinajstić information content (AvgIpc) is 2.49. The molecular formula is C15H21FO3. The first-order valence-corrected chi connectivity index (χ1v) is 6.50. The summed E-state index contributed by atoms with van der Waals surface area (Å²) >= 11 is 0. The minimum Gasteiger partial charge on any atom is -0.484 e. The summed E-state index contributed by atoms with van der Waals surface area (Å²) in [5.41, 5.74) is -0.322. The maximum Gasteiger partial charge on any atom is 0.165 e. The van der Waals surface area contributed by atoms with Gasteiger partial charge in [-0.3, -0.25) is 0 Å². The highest BCUT2D eigenvalue weighted by Gasteiger charge is 2.47. The largest absolute Gasteiger partial charge is 0.484 e. The summed E-state index contributed by atoms with van der Waals surface area (Å²) in [4.78, 5) is 0. The molecule has 1 aromatic carbocycles. The maximum absolute atomic E-state index is 13.9. The zero-order valence-electron chi connectivity index (χ0n) is 11.9. The Kier molecular flexibility index (Phi) is 3.58. The van der Waals surface area contributed by atoms with Crippen molar-refractivity contribution in [3.05, 3.63) is 29.6 Å². The smallest absolute Gasteiger partial charge is 0.165 e. The summed E-state index contributed by atoms with van der Waals surface area (Å²) in [6.07, 6.45) is 0.434. The van der Waals surface area contributed by atoms with E-state index in [1.54, 1.807) is 12.1 Å². The molecule has 1 heterocycles. The lowest BCUT2D eigenvalue weighted by molar-refractivity contribution is -0.0850. The van der Waals surface area contributed by atoms with E-state index >= 15 is 0 Å². The number of para-hydroxylation sites is 1. The lowest BCUT2D eigenvalue weighted by Crippen LogP contribution is -2.37. The second-order valence-corrected chi connectivity index (χ2v) is 6.16. The molecule has 1 fully saturated rings. The summed E-state index contributed by atoms with van der Waals surface area (Å²) in [7, 11) is 0. The van der Waals surface area contributed by atoms with Gasteiger partial charge in [-0.2, -0.15) is 0 Å². The van der Waals surface area contributed by atoms with Crippen molar-refractivity contribution in [1.82, 2.24) is 0 Å². The fourth-order valence-corrected chi connectivity index (χ4v) is 2.65. The number of hydrogen-bond donors (Lipinski definition) is 1. The molecule has 0 amide bonds. The molecule has 106 valence electrons. The van der Waals surface area contributed by atoms with E-state index in [0.29, 0.717) is 12.0 Å². The van der Waals surface area contributed by atoms with Crippen LogP contribution in [0.1, 0.15) is 39.7 Å². The highest BCUT2D eigenvalue weighted by Crippen LogP contribution is 2.40. The van der Waals surface area contributed by atoms with Gasteiger partial charge >= 0.3 is 0 Å². The van der Waals surface area contributed by atoms with Gasteiger partial charge in [0.15, 0.2) is 11.6 Å². The summed E-state index contributed by atoms with van der Waals surface area (Å²) in [5.74, 6) is -0.323. The van der Waals surface area contributed by atoms with E-state index < -0.39 is 11.4 Å². The Balaban J connectivity index is 2.27. The van der Waals surface area contributed by atoms with Crippen molar-refractivity contribution in [3.8, 4) is 5.75 Å². The summed E-state index contributed by atoms with van der Waals surface area (Å²) in [5, 5.41) is 9.27. The van der Waals surface area contributed by atoms with Crippen LogP contribution in [0.4, 0.5) is 4.39 Å². The van der Waals surface area contributed by atoms with Gasteiger partial charge in [0.25, 0.3) is 0 Å². The molecule has 1 atom stereocenters. The van der Waals surface area contributed by atoms with Crippen molar-refractivity contribution in [2.45, 2.75) is 58.0 Å². The minimum atomic E-state index is -0.488. The van der Waals surface area contributed by atoms with Crippen molar-refractivity contribution in [3.63, 3.8) is 0 Å². The lowest BCUT2D eigenvalue weighted by Gasteiger charge is -2.28. The van der Waals surface area contributed by atoms with Crippen LogP contribution in [0.5, 0.6) is 5.75 Å². The highest BCUT2D eigenvalue weighted by molar-refractivity contribution is 5.35. The first-order valence-electron chi connectivity index (χ1n) is 6.50. The van der Waals surface area contributed by atoms with Gasteiger partial charge in [0.1, 0.15) is 11.7 Å². The van der Waals surface area contributed by atoms with E-state index in [-0.39, 0.29) is 24.1 Å². The summed E-state index contributed by atoms with van der Waals surface area (Å²) < 4.78 is 25.6. The molecule has 0 radical (unpaired) electrons. The zero-order valence-corrected chi connectivity index (χ0v) is 11.9. The number of benzene rings is 1. The van der Waals surface area contributed by atoms with Crippen molar-refractivity contribution in [2.24, 2.45) is 0 Å². The fraction of sp³-hybridized carbons (Fsp3) is 0.600. The number of rotatable bonds is 3. The zero-order chi connectivity index (χ0) is 14.3. The van der Waals surface area contributed by atoms with Crippen LogP contribution in [0.15, 0.2) is 18.2 Å². The quantitative estimate of drug-likeness (QED) is 0.915. The molecule has 0 aromatic heterocycles. The van der Waals surface area contributed by atoms with Crippen LogP contribution in [-0.4, -0.2) is 22.4 Å². The van der Waals surface area contributed by atoms with Gasteiger partial charge in [-0.15, -0.1) is 0 Å². The maximum atomic E-state index is 13.9. The SMILES string of the molecule is CC1(C)CC(Oc2c(F)cccc2CO)C(C)(C)O1. The number of ether oxygens (including phenoxy) is 2. The summed E-state index contributed by atoms with van der Waals surface area (Å²) in [6.45, 7) is 7.61. The van der Waals surface area contributed by atoms with Crippen molar-refractivity contribution < 1.29 is 19.0 Å². The van der Waals surface area contributed by atoms with Crippen LogP contribution in [0.25, 0.3) is 0 Å². The fourth-order valence-electron chi connectivity index (χ4n) is 2.65. The Labute approximate surface area is 113 Å². The Morgan fingerprint density at radius 2 is 2.05 bits per heavy atom. The Hall–Kier alpha value is -1.13. The molecule has 0 saturated carbocycles. The predicted molar refractivity (Wildman–Crippen MR) is 70.6 cm³/mol. The third-order valence-corrected chi connectivity index (χ3v) is 3.47. The molecule has 1 saturated heterocycles. The summed E-state index contributed by atoms with van der Waals surface area (Å²) in [6, 6.07) is 4.56. The molecule has 0 bridgehead atoms. The first kappa shape index (κ1) is 14.3. The molecule has 19 heavy (non-hydrogen) atoms. The second-order valence-electron chi connectivity index (χ2n) is 6.16. The third-order valence-electron chi connectivity index (χ3n) is 3.47. The van der Waals surface area contributed by atoms with Crippen LogP contribution >= 0.6 is 0 Å². The molecule has 0 spiro atoms. The molecule has 1 N–H and O–H groups in total. The molecule has 4 heteroatoms. The molecule has 1 aliphatic rings. The van der Waals surface area contributed by atoms with E-state index in [1.807, 2.05) is 27.7 Å². The number of halogens is 1. The van der Waals surface area contributed by atoms with Crippen molar-refractivity contribution in [2.75, 3.05) is 0 Å². The molecule has 2 rings (SSSR count). The van der Waals surface area contributed by atoms with Gasteiger partial charge in [0, 0.05) is 12.0 Å². The van der Waals surface area contributed by atoms with E-state index in [2.05, 4.69) is 0 Å². The monoisotopic (exact) mass is 268 g/mol. The Bertz CT molecular complexity index is 468. The average molecular weight is 268 g/mol. The predicted octanol–water partition coefficient (Wildman–Crippen LogP) is 3.04. The van der Waals surface area contributed by atoms with Crippen LogP contribution in [0.3, 0.4) is 0 Å². The molecule has 0 aliphatic carbocycles. The van der Waals surface area contributed by atoms with E-state index in [1.165, 1.54) is 6.07 Å². The van der Waals surface area contributed by atoms with Crippen LogP contribution in [0, 0.1) is 5.82 Å². The topological polar surface area (TPSA) is 38.7 Å². The van der Waals surface area contributed by atoms with E-state index in [4.69, 9.17) is 9.47 Å². The molecule has 3 nitrogen and oxygen atoms in total. The lowest BCUT2D eigenvalue weighted by atomic mass is 9.97. The van der Waals surface area contributed by atoms with Gasteiger partial charge in [-0.05, 0) is 33.8 Å². The number of aliphatic hydroxyl groups is 1. The second kappa shape index (κ2) is 4.76. The van der Waals surface area contributed by atoms with Crippen molar-refractivity contribution in [1.29, 1.82) is 0 Å². The van der Waals surface area contributed by atoms with Gasteiger partial charge in [0.05, 0.1) is 12.2 Å². The molecule has 1 aromatic rings. The number of hydrogen-bond acceptors (Lipinski definition) is 3. The van der Waals surface area contributed by atoms with Crippen LogP contribution < -0.4 is 4.74 Å². The van der Waals surface area contributed by atoms with Crippen molar-refractivity contribution >= 4 is 0 Å². The van der Waals surface area contributed by atoms with Crippen LogP contribution in [0.2, 0.25) is 0 Å². The Morgan fingerprint density at radius 3 is 2.58 bits per heavy atom. The first-order chi connectivity index (χ1) is 8.75. The highest BCUT2D eigenvalue weighted by atomic mass is 19.1. The number of aliphatic hydroxyl groups excluding tert-OH is 1. The van der Waals surface area contributed by atoms with Gasteiger partial charge in [-0.25, -0.2) is 4.39 Å².